The molecule has 0 saturated heterocycles. The third-order valence-corrected chi connectivity index (χ3v) is 5.88. The Morgan fingerprint density at radius 3 is 2.34 bits per heavy atom. The maximum absolute atomic E-state index is 13.3. The molecule has 0 aromatic heterocycles. The highest BCUT2D eigenvalue weighted by atomic mass is 16.5. The zero-order valence-electron chi connectivity index (χ0n) is 19.1. The van der Waals surface area contributed by atoms with Crippen molar-refractivity contribution < 1.29 is 24.3 Å². The molecule has 7 heteroatoms. The van der Waals surface area contributed by atoms with Crippen LogP contribution in [0.15, 0.2) is 43.0 Å². The summed E-state index contributed by atoms with van der Waals surface area (Å²) >= 11 is 0. The van der Waals surface area contributed by atoms with E-state index in [1.807, 2.05) is 44.2 Å². The summed E-state index contributed by atoms with van der Waals surface area (Å²) in [4.78, 5) is 38.6. The van der Waals surface area contributed by atoms with Gasteiger partial charge < -0.3 is 10.1 Å². The summed E-state index contributed by atoms with van der Waals surface area (Å²) in [6.07, 6.45) is 6.13. The van der Waals surface area contributed by atoms with Crippen molar-refractivity contribution in [1.29, 1.82) is 0 Å². The lowest BCUT2D eigenvalue weighted by Gasteiger charge is -2.28. The number of benzene rings is 1. The van der Waals surface area contributed by atoms with E-state index in [2.05, 4.69) is 11.9 Å². The molecular weight excluding hydrogens is 408 g/mol. The van der Waals surface area contributed by atoms with Crippen molar-refractivity contribution in [3.63, 3.8) is 0 Å². The lowest BCUT2D eigenvalue weighted by molar-refractivity contribution is -0.153. The van der Waals surface area contributed by atoms with Crippen molar-refractivity contribution in [2.75, 3.05) is 0 Å². The van der Waals surface area contributed by atoms with Crippen LogP contribution in [0.2, 0.25) is 0 Å². The molecule has 1 fully saturated rings. The highest BCUT2D eigenvalue weighted by molar-refractivity contribution is 5.90. The van der Waals surface area contributed by atoms with Gasteiger partial charge in [0.2, 0.25) is 11.8 Å². The molecule has 1 aromatic carbocycles. The number of carbonyl (C=O) groups excluding carboxylic acids is 3. The highest BCUT2D eigenvalue weighted by Crippen LogP contribution is 2.26. The Hall–Kier alpha value is -2.67. The molecule has 1 unspecified atom stereocenters. The Labute approximate surface area is 190 Å². The fourth-order valence-corrected chi connectivity index (χ4v) is 4.25. The Morgan fingerprint density at radius 2 is 1.78 bits per heavy atom. The third-order valence-electron chi connectivity index (χ3n) is 5.88. The second-order valence-electron chi connectivity index (χ2n) is 8.94. The molecule has 1 aliphatic carbocycles. The molecule has 3 N–H and O–H groups in total. The van der Waals surface area contributed by atoms with Crippen molar-refractivity contribution in [2.45, 2.75) is 70.9 Å². The number of allylic oxidation sites excluding steroid dienone is 1. The zero-order chi connectivity index (χ0) is 23.5. The normalized spacial score (nSPS) is 16.8. The first-order valence-corrected chi connectivity index (χ1v) is 11.4. The Bertz CT molecular complexity index is 759. The van der Waals surface area contributed by atoms with E-state index >= 15 is 0 Å². The Balaban J connectivity index is 2.23. The van der Waals surface area contributed by atoms with Crippen molar-refractivity contribution >= 4 is 17.8 Å². The number of hydroxylamine groups is 1. The van der Waals surface area contributed by atoms with Crippen LogP contribution in [0.1, 0.15) is 57.9 Å². The molecule has 0 spiro atoms. The summed E-state index contributed by atoms with van der Waals surface area (Å²) in [5, 5.41) is 12.0. The summed E-state index contributed by atoms with van der Waals surface area (Å²) < 4.78 is 5.69. The lowest BCUT2D eigenvalue weighted by Crippen LogP contribution is -2.49. The van der Waals surface area contributed by atoms with Gasteiger partial charge in [-0.2, -0.15) is 0 Å². The molecule has 32 heavy (non-hydrogen) atoms. The number of carbonyl (C=O) groups is 3. The number of rotatable bonds is 12. The monoisotopic (exact) mass is 444 g/mol. The van der Waals surface area contributed by atoms with Gasteiger partial charge in [-0.3, -0.25) is 14.8 Å². The summed E-state index contributed by atoms with van der Waals surface area (Å²) in [7, 11) is 0. The molecule has 0 bridgehead atoms. The van der Waals surface area contributed by atoms with E-state index < -0.39 is 35.7 Å². The quantitative estimate of drug-likeness (QED) is 0.198. The van der Waals surface area contributed by atoms with Crippen LogP contribution in [0.3, 0.4) is 0 Å². The van der Waals surface area contributed by atoms with Crippen molar-refractivity contribution in [2.24, 2.45) is 17.8 Å². The largest absolute Gasteiger partial charge is 0.461 e. The van der Waals surface area contributed by atoms with Crippen molar-refractivity contribution in [3.8, 4) is 0 Å². The number of amides is 2. The smallest absolute Gasteiger partial charge is 0.329 e. The molecule has 3 atom stereocenters. The first kappa shape index (κ1) is 25.6. The van der Waals surface area contributed by atoms with Gasteiger partial charge in [-0.25, -0.2) is 10.3 Å². The van der Waals surface area contributed by atoms with Crippen LogP contribution in [-0.4, -0.2) is 35.1 Å². The summed E-state index contributed by atoms with van der Waals surface area (Å²) in [6, 6.07) is 8.58. The van der Waals surface area contributed by atoms with Crippen molar-refractivity contribution in [3.05, 3.63) is 48.6 Å². The highest BCUT2D eigenvalue weighted by Gasteiger charge is 2.36. The van der Waals surface area contributed by atoms with Crippen LogP contribution in [0, 0.1) is 17.8 Å². The molecule has 0 heterocycles. The number of hydrogen-bond donors (Lipinski definition) is 3. The lowest BCUT2D eigenvalue weighted by atomic mass is 9.82. The number of nitrogens with one attached hydrogen (secondary N) is 2. The van der Waals surface area contributed by atoms with Crippen LogP contribution >= 0.6 is 0 Å². The van der Waals surface area contributed by atoms with Gasteiger partial charge in [-0.1, -0.05) is 50.3 Å². The predicted molar refractivity (Wildman–Crippen MR) is 122 cm³/mol. The van der Waals surface area contributed by atoms with Gasteiger partial charge in [0.05, 0.1) is 11.8 Å². The van der Waals surface area contributed by atoms with Gasteiger partial charge in [0.1, 0.15) is 12.1 Å². The van der Waals surface area contributed by atoms with E-state index in [0.29, 0.717) is 12.8 Å². The fourth-order valence-electron chi connectivity index (χ4n) is 4.25. The van der Waals surface area contributed by atoms with E-state index in [1.54, 1.807) is 11.6 Å². The summed E-state index contributed by atoms with van der Waals surface area (Å²) in [6.45, 7) is 7.59. The fraction of sp³-hybridized carbons (Fsp3) is 0.560. The SMILES string of the molecule is C=CC[C@H](C(=O)NO)[C@@H](CC(C)C)C(=O)NC(Cc1ccccc1)C(=O)OC1CCCC1. The molecule has 7 nitrogen and oxygen atoms in total. The van der Waals surface area contributed by atoms with Gasteiger partial charge in [-0.05, 0) is 50.0 Å². The molecule has 1 saturated carbocycles. The molecule has 2 rings (SSSR count). The topological polar surface area (TPSA) is 105 Å². The van der Waals surface area contributed by atoms with Crippen LogP contribution in [-0.2, 0) is 25.5 Å². The summed E-state index contributed by atoms with van der Waals surface area (Å²) in [5.74, 6) is -2.88. The van der Waals surface area contributed by atoms with Gasteiger partial charge >= 0.3 is 5.97 Å². The van der Waals surface area contributed by atoms with Crippen LogP contribution in [0.5, 0.6) is 0 Å². The molecular formula is C25H36N2O5. The van der Waals surface area contributed by atoms with E-state index in [1.165, 1.54) is 0 Å². The second-order valence-corrected chi connectivity index (χ2v) is 8.94. The Morgan fingerprint density at radius 1 is 1.12 bits per heavy atom. The molecule has 176 valence electrons. The number of ether oxygens (including phenoxy) is 1. The van der Waals surface area contributed by atoms with Crippen LogP contribution in [0.25, 0.3) is 0 Å². The Kier molecular flexibility index (Phi) is 10.4. The molecule has 0 radical (unpaired) electrons. The molecule has 1 aromatic rings. The maximum atomic E-state index is 13.3. The minimum Gasteiger partial charge on any atom is -0.461 e. The average Bonchev–Trinajstić information content (AvgIpc) is 3.28. The van der Waals surface area contributed by atoms with Crippen LogP contribution < -0.4 is 10.8 Å². The predicted octanol–water partition coefficient (Wildman–Crippen LogP) is 3.56. The standard InChI is InChI=1S/C25H36N2O5/c1-4-10-20(24(29)27-31)21(15-17(2)3)23(28)26-22(16-18-11-6-5-7-12-18)25(30)32-19-13-8-9-14-19/h4-7,11-12,17,19-22,31H,1,8-10,13-16H2,2-3H3,(H,26,28)(H,27,29)/t20-,21+,22?/m0/s1. The second kappa shape index (κ2) is 13.0. The van der Waals surface area contributed by atoms with E-state index in [4.69, 9.17) is 4.74 Å². The van der Waals surface area contributed by atoms with Gasteiger partial charge in [-0.15, -0.1) is 6.58 Å². The van der Waals surface area contributed by atoms with E-state index in [0.717, 1.165) is 31.2 Å². The average molecular weight is 445 g/mol. The summed E-state index contributed by atoms with van der Waals surface area (Å²) in [5.41, 5.74) is 2.56. The number of esters is 1. The van der Waals surface area contributed by atoms with Crippen molar-refractivity contribution in [1.82, 2.24) is 10.8 Å². The third kappa shape index (κ3) is 7.79. The minimum absolute atomic E-state index is 0.113. The first-order chi connectivity index (χ1) is 15.3. The molecule has 1 aliphatic rings. The minimum atomic E-state index is -0.860. The number of hydrogen-bond acceptors (Lipinski definition) is 5. The molecule has 2 amide bonds. The van der Waals surface area contributed by atoms with Crippen LogP contribution in [0.4, 0.5) is 0 Å². The van der Waals surface area contributed by atoms with Gasteiger partial charge in [0.15, 0.2) is 0 Å². The van der Waals surface area contributed by atoms with E-state index in [-0.39, 0.29) is 18.4 Å². The zero-order valence-corrected chi connectivity index (χ0v) is 19.1. The van der Waals surface area contributed by atoms with E-state index in [9.17, 15) is 19.6 Å². The maximum Gasteiger partial charge on any atom is 0.329 e. The molecule has 0 aliphatic heterocycles. The van der Waals surface area contributed by atoms with Gasteiger partial charge in [0.25, 0.3) is 0 Å². The first-order valence-electron chi connectivity index (χ1n) is 11.4. The van der Waals surface area contributed by atoms with Gasteiger partial charge in [0, 0.05) is 6.42 Å².